The molecule has 0 bridgehead atoms. The molecule has 0 N–H and O–H groups in total. The summed E-state index contributed by atoms with van der Waals surface area (Å²) in [6, 6.07) is 52.4. The van der Waals surface area contributed by atoms with E-state index in [1.807, 2.05) is 60.7 Å². The summed E-state index contributed by atoms with van der Waals surface area (Å²) >= 11 is 3.38. The smallest absolute Gasteiger partial charge is 0.463 e. The lowest BCUT2D eigenvalue weighted by molar-refractivity contribution is -0.217. The Morgan fingerprint density at radius 2 is 0.602 bits per heavy atom. The molecule has 0 fully saturated rings. The lowest BCUT2D eigenvalue weighted by Gasteiger charge is -2.10. The maximum Gasteiger partial charge on any atom is 0.513 e. The predicted molar refractivity (Wildman–Crippen MR) is 430 cm³/mol. The quantitative estimate of drug-likeness (QED) is 0.00396. The van der Waals surface area contributed by atoms with Crippen molar-refractivity contribution < 1.29 is 134 Å². The van der Waals surface area contributed by atoms with Gasteiger partial charge >= 0.3 is 60.4 Å². The molecule has 8 aromatic rings. The predicted octanol–water partition coefficient (Wildman–Crippen LogP) is 17.4. The van der Waals surface area contributed by atoms with Crippen LogP contribution in [0.25, 0.3) is 0 Å². The molecule has 0 aliphatic carbocycles. The van der Waals surface area contributed by atoms with Crippen LogP contribution in [0.3, 0.4) is 0 Å². The lowest BCUT2D eigenvalue weighted by Crippen LogP contribution is -2.13. The maximum atomic E-state index is 13.3. The molecule has 0 saturated carbocycles. The number of hydrogen-bond acceptors (Lipinski definition) is 28. The first-order valence-corrected chi connectivity index (χ1v) is 36.6. The summed E-state index contributed by atoms with van der Waals surface area (Å²) in [4.78, 5) is 139. The summed E-state index contributed by atoms with van der Waals surface area (Å²) in [7, 11) is 0. The van der Waals surface area contributed by atoms with Crippen LogP contribution in [0.15, 0.2) is 249 Å². The molecule has 0 atom stereocenters. The largest absolute Gasteiger partial charge is 0.513 e. The summed E-state index contributed by atoms with van der Waals surface area (Å²) in [6.07, 6.45) is 9.75. The molecule has 0 aliphatic rings. The Morgan fingerprint density at radius 3 is 0.907 bits per heavy atom. The molecule has 29 heteroatoms. The van der Waals surface area contributed by atoms with Crippen LogP contribution in [0.4, 0.5) is 19.2 Å². The van der Waals surface area contributed by atoms with E-state index in [2.05, 4.69) is 60.0 Å². The minimum absolute atomic E-state index is 0. The number of ether oxygens (including phenoxy) is 14. The summed E-state index contributed by atoms with van der Waals surface area (Å²) in [5.41, 5.74) is 3.82. The summed E-state index contributed by atoms with van der Waals surface area (Å²) in [5, 5.41) is 0. The van der Waals surface area contributed by atoms with Gasteiger partial charge in [0.05, 0.1) is 64.0 Å². The van der Waals surface area contributed by atoms with Crippen molar-refractivity contribution in [3.05, 3.63) is 288 Å². The summed E-state index contributed by atoms with van der Waals surface area (Å²) in [5.74, 6) is 7.16. The Hall–Kier alpha value is -14.3. The fraction of sp³-hybridized carbons (Fsp3) is 0.213. The normalized spacial score (nSPS) is 9.90. The number of esters is 6. The van der Waals surface area contributed by atoms with Gasteiger partial charge in [0, 0.05) is 45.5 Å². The zero-order valence-electron chi connectivity index (χ0n) is 63.2. The molecule has 8 rings (SSSR count). The summed E-state index contributed by atoms with van der Waals surface area (Å²) < 4.78 is 71.4. The van der Waals surface area contributed by atoms with Gasteiger partial charge in [-0.05, 0) is 224 Å². The highest BCUT2D eigenvalue weighted by Crippen LogP contribution is 2.27. The molecule has 0 radical (unpaired) electrons. The molecule has 0 saturated heterocycles. The van der Waals surface area contributed by atoms with Crippen molar-refractivity contribution in [3.63, 3.8) is 0 Å². The Kier molecular flexibility index (Phi) is 44.2. The van der Waals surface area contributed by atoms with E-state index in [9.17, 15) is 47.9 Å². The SMILES string of the molecule is C.C#Cc1ccccc1.C=CC(=O)OCCCCOC(=O)Oc1ccc(OOCc2ccc(C(=O)Oc3ccc(OC(=O)OCCCCOC(=O)C=C)cc3)c(Br)c2)cc1.C=CC(=O)OCCCCOC(=O)Oc1ccc(OOCc2ccc(C(=O)Oc3ccc(OC(=O)OCCCCOC(=O)C=C)cc3)c(C#Cc3ccccc3)c2)cc1. The van der Waals surface area contributed by atoms with Gasteiger partial charge in [0.1, 0.15) is 47.7 Å². The Balaban J connectivity index is 0.000000382. The lowest BCUT2D eigenvalue weighted by atomic mass is 10.0. The standard InChI is InChI=1S/C44H40O14.C36H35BrO14.C8H6.CH4/c1-3-40(45)50-26-8-10-28-52-43(48)56-36-19-17-35(18-20-36)55-42(47)39-25-15-33(30-34(39)16-14-32-12-6-5-7-13-32)31-54-58-38-23-21-37(22-24-38)57-44(49)53-29-11-9-27-51-41(46)4-2;1-3-32(38)43-19-5-7-21-45-35(41)49-27-12-10-26(11-13-27)48-34(40)30-18-9-25(23-31(30)37)24-47-51-29-16-14-28(15-17-29)50-36(42)46-22-8-6-20-44-33(39)4-2;1-2-8-6-4-3-5-7-8;/h3-7,12-13,15,17-25,30H,1-2,8-11,26-29,31H2;3-4,9-18,23H,1-2,5-8,19-22,24H2;1,3-7H;1H4. The average Bonchev–Trinajstić information content (AvgIpc) is 0.839. The van der Waals surface area contributed by atoms with E-state index in [1.54, 1.807) is 36.4 Å². The van der Waals surface area contributed by atoms with Crippen molar-refractivity contribution in [1.82, 2.24) is 0 Å². The number of rotatable bonds is 40. The number of unbranched alkanes of at least 4 members (excludes halogenated alkanes) is 4. The van der Waals surface area contributed by atoms with Gasteiger partial charge in [-0.15, -0.1) is 6.42 Å². The van der Waals surface area contributed by atoms with Crippen molar-refractivity contribution in [1.29, 1.82) is 0 Å². The zero-order chi connectivity index (χ0) is 84.0. The molecule has 0 aliphatic heterocycles. The van der Waals surface area contributed by atoms with Crippen LogP contribution in [0.5, 0.6) is 46.0 Å². The monoisotopic (exact) mass is 1680 g/mol. The van der Waals surface area contributed by atoms with Gasteiger partial charge in [0.25, 0.3) is 0 Å². The first kappa shape index (κ1) is 94.3. The molecule has 8 aromatic carbocycles. The van der Waals surface area contributed by atoms with Gasteiger partial charge in [-0.25, -0.2) is 47.9 Å². The van der Waals surface area contributed by atoms with E-state index in [1.165, 1.54) is 97.1 Å². The number of carbonyl (C=O) groups excluding carboxylic acids is 10. The first-order valence-electron chi connectivity index (χ1n) is 35.8. The second-order valence-corrected chi connectivity index (χ2v) is 24.1. The van der Waals surface area contributed by atoms with Crippen molar-refractivity contribution >= 4 is 76.4 Å². The number of hydrogen-bond donors (Lipinski definition) is 0. The van der Waals surface area contributed by atoms with Crippen molar-refractivity contribution in [2.75, 3.05) is 52.9 Å². The fourth-order valence-electron chi connectivity index (χ4n) is 8.77. The first-order chi connectivity index (χ1) is 56.8. The average molecular weight is 1680 g/mol. The number of terminal acetylenes is 1. The van der Waals surface area contributed by atoms with Crippen LogP contribution in [0.2, 0.25) is 0 Å². The summed E-state index contributed by atoms with van der Waals surface area (Å²) in [6.45, 7) is 14.4. The highest BCUT2D eigenvalue weighted by atomic mass is 79.9. The van der Waals surface area contributed by atoms with E-state index in [0.717, 1.165) is 35.4 Å². The van der Waals surface area contributed by atoms with Crippen LogP contribution >= 0.6 is 15.9 Å². The van der Waals surface area contributed by atoms with Crippen molar-refractivity contribution in [2.24, 2.45) is 0 Å². The van der Waals surface area contributed by atoms with Crippen molar-refractivity contribution in [3.8, 4) is 70.2 Å². The molecule has 616 valence electrons. The van der Waals surface area contributed by atoms with Crippen LogP contribution in [-0.4, -0.2) is 113 Å². The second-order valence-electron chi connectivity index (χ2n) is 23.3. The van der Waals surface area contributed by atoms with Crippen molar-refractivity contribution in [2.45, 2.75) is 72.0 Å². The maximum absolute atomic E-state index is 13.3. The third-order valence-electron chi connectivity index (χ3n) is 14.6. The minimum atomic E-state index is -0.914. The van der Waals surface area contributed by atoms with Gasteiger partial charge in [-0.1, -0.05) is 100 Å². The Bertz CT molecular complexity index is 4680. The number of halogens is 1. The van der Waals surface area contributed by atoms with Crippen LogP contribution in [0.1, 0.15) is 107 Å². The molecule has 28 nitrogen and oxygen atoms in total. The van der Waals surface area contributed by atoms with Gasteiger partial charge < -0.3 is 76.1 Å². The molecular weight excluding hydrogens is 1600 g/mol. The van der Waals surface area contributed by atoms with Gasteiger partial charge in [0.15, 0.2) is 11.5 Å². The highest BCUT2D eigenvalue weighted by Gasteiger charge is 2.19. The number of carbonyl (C=O) groups is 10. The van der Waals surface area contributed by atoms with E-state index < -0.39 is 60.4 Å². The molecule has 0 unspecified atom stereocenters. The van der Waals surface area contributed by atoms with Crippen LogP contribution in [-0.2, 0) is 80.1 Å². The van der Waals surface area contributed by atoms with E-state index in [4.69, 9.17) is 92.3 Å². The third-order valence-corrected chi connectivity index (χ3v) is 15.2. The molecule has 0 heterocycles. The van der Waals surface area contributed by atoms with Gasteiger partial charge in [-0.2, -0.15) is 9.78 Å². The van der Waals surface area contributed by atoms with Gasteiger partial charge in [-0.3, -0.25) is 0 Å². The van der Waals surface area contributed by atoms with E-state index >= 15 is 0 Å². The molecule has 118 heavy (non-hydrogen) atoms. The Morgan fingerprint density at radius 1 is 0.322 bits per heavy atom. The molecular formula is C89H85BrO28. The molecule has 0 spiro atoms. The number of benzene rings is 8. The third kappa shape index (κ3) is 39.0. The zero-order valence-corrected chi connectivity index (χ0v) is 64.8. The fourth-order valence-corrected chi connectivity index (χ4v) is 9.36. The topological polar surface area (TPSA) is 337 Å². The van der Waals surface area contributed by atoms with Gasteiger partial charge in [0.2, 0.25) is 0 Å². The van der Waals surface area contributed by atoms with E-state index in [-0.39, 0.29) is 119 Å². The second kappa shape index (κ2) is 55.2. The highest BCUT2D eigenvalue weighted by molar-refractivity contribution is 9.10. The Labute approximate surface area is 689 Å². The van der Waals surface area contributed by atoms with Crippen LogP contribution in [0, 0.1) is 24.2 Å². The minimum Gasteiger partial charge on any atom is -0.463 e. The molecule has 0 aromatic heterocycles. The molecule has 0 amide bonds. The van der Waals surface area contributed by atoms with E-state index in [0.29, 0.717) is 84.0 Å². The van der Waals surface area contributed by atoms with Crippen LogP contribution < -0.4 is 38.2 Å².